The van der Waals surface area contributed by atoms with Crippen molar-refractivity contribution in [3.05, 3.63) is 66.6 Å². The summed E-state index contributed by atoms with van der Waals surface area (Å²) in [5, 5.41) is 24.8. The van der Waals surface area contributed by atoms with Crippen LogP contribution in [0, 0.1) is 0 Å². The number of carboxylic acid groups (broad SMARTS) is 2. The first-order chi connectivity index (χ1) is 22.0. The lowest BCUT2D eigenvalue weighted by atomic mass is 9.74. The number of benzene rings is 5. The van der Waals surface area contributed by atoms with Gasteiger partial charge in [0.1, 0.15) is 0 Å². The third kappa shape index (κ3) is 4.51. The molecule has 6 N–H and O–H groups in total. The number of carboxylic acids is 2. The average molecular weight is 748 g/mol. The fraction of sp³-hybridized carbons (Fsp3) is 0.333. The van der Waals surface area contributed by atoms with Gasteiger partial charge in [-0.1, -0.05) is 60.5 Å². The summed E-state index contributed by atoms with van der Waals surface area (Å²) in [6.45, 7) is 0. The molecule has 0 aliphatic heterocycles. The summed E-state index contributed by atoms with van der Waals surface area (Å²) < 4.78 is 1.11. The van der Waals surface area contributed by atoms with E-state index < -0.39 is 23.8 Å². The van der Waals surface area contributed by atoms with E-state index in [-0.39, 0.29) is 28.3 Å². The molecule has 2 aliphatic rings. The van der Waals surface area contributed by atoms with Gasteiger partial charge in [-0.25, -0.2) is 9.59 Å². The van der Waals surface area contributed by atoms with Crippen LogP contribution in [0.3, 0.4) is 0 Å². The Morgan fingerprint density at radius 2 is 1.17 bits per heavy atom. The molecule has 0 spiro atoms. The quantitative estimate of drug-likeness (QED) is 0.100. The van der Waals surface area contributed by atoms with E-state index in [1.54, 1.807) is 6.07 Å². The van der Waals surface area contributed by atoms with Gasteiger partial charge in [0.2, 0.25) is 11.8 Å². The van der Waals surface area contributed by atoms with Gasteiger partial charge in [-0.05, 0) is 93.5 Å². The van der Waals surface area contributed by atoms with Crippen LogP contribution in [0.15, 0.2) is 33.2 Å². The number of hydrogen-bond acceptors (Lipinski definition) is 4. The normalized spacial score (nSPS) is 16.6. The SMILES string of the molecule is NC(=O)c1c(C2CCCCC2)cc2c3c(Br)cc(C(=O)O)c4c(C(=O)O)ccc(c5c(Br)c(C6CCCCC6)c(C(N)=O)c1c25)c43. The Kier molecular flexibility index (Phi) is 7.71. The van der Waals surface area contributed by atoms with Crippen molar-refractivity contribution in [3.63, 3.8) is 0 Å². The number of aromatic carboxylic acids is 2. The van der Waals surface area contributed by atoms with Crippen LogP contribution in [0.2, 0.25) is 0 Å². The van der Waals surface area contributed by atoms with Gasteiger partial charge in [0.25, 0.3) is 0 Å². The van der Waals surface area contributed by atoms with E-state index >= 15 is 0 Å². The minimum Gasteiger partial charge on any atom is -0.478 e. The van der Waals surface area contributed by atoms with Gasteiger partial charge in [0, 0.05) is 41.3 Å². The van der Waals surface area contributed by atoms with Gasteiger partial charge in [-0.15, -0.1) is 0 Å². The van der Waals surface area contributed by atoms with Crippen molar-refractivity contribution < 1.29 is 29.4 Å². The molecule has 0 atom stereocenters. The van der Waals surface area contributed by atoms with Crippen molar-refractivity contribution in [2.24, 2.45) is 11.5 Å². The first kappa shape index (κ1) is 30.9. The minimum atomic E-state index is -1.25. The molecule has 0 bridgehead atoms. The van der Waals surface area contributed by atoms with Crippen LogP contribution in [0.1, 0.15) is 129 Å². The zero-order chi connectivity index (χ0) is 32.6. The first-order valence-electron chi connectivity index (χ1n) is 15.7. The zero-order valence-electron chi connectivity index (χ0n) is 25.0. The zero-order valence-corrected chi connectivity index (χ0v) is 28.1. The lowest BCUT2D eigenvalue weighted by Crippen LogP contribution is -2.23. The van der Waals surface area contributed by atoms with Crippen LogP contribution in [0.5, 0.6) is 0 Å². The van der Waals surface area contributed by atoms with Gasteiger partial charge in [-0.3, -0.25) is 9.59 Å². The molecule has 0 saturated heterocycles. The standard InChI is InChI=1S/C36H32Br2N2O6/c37-22-14-21(36(45)46)24-18(35(43)44)12-11-17-26(24)25(22)20-13-19(15-7-3-1-4-8-15)29(33(39)41)30-27(20)28(17)32(38)23(31(30)34(40)42)16-9-5-2-6-10-16/h11-16H,1-10H2,(H2,39,41)(H2,40,42)(H,43,44)(H,45,46). The highest BCUT2D eigenvalue weighted by Gasteiger charge is 2.35. The van der Waals surface area contributed by atoms with Gasteiger partial charge >= 0.3 is 11.9 Å². The van der Waals surface area contributed by atoms with E-state index in [1.165, 1.54) is 12.1 Å². The molecule has 5 aromatic rings. The van der Waals surface area contributed by atoms with Crippen LogP contribution in [-0.4, -0.2) is 34.0 Å². The van der Waals surface area contributed by atoms with Crippen molar-refractivity contribution in [1.29, 1.82) is 0 Å². The number of primary amides is 2. The van der Waals surface area contributed by atoms with Gasteiger partial charge in [0.05, 0.1) is 22.3 Å². The molecule has 236 valence electrons. The maximum Gasteiger partial charge on any atom is 0.336 e. The molecule has 2 amide bonds. The third-order valence-electron chi connectivity index (χ3n) is 10.4. The third-order valence-corrected chi connectivity index (χ3v) is 11.8. The van der Waals surface area contributed by atoms with E-state index in [2.05, 4.69) is 31.9 Å². The van der Waals surface area contributed by atoms with Crippen LogP contribution >= 0.6 is 31.9 Å². The molecular weight excluding hydrogens is 716 g/mol. The second-order valence-corrected chi connectivity index (χ2v) is 14.5. The summed E-state index contributed by atoms with van der Waals surface area (Å²) in [5.41, 5.74) is 14.3. The fourth-order valence-electron chi connectivity index (χ4n) is 8.54. The Hall–Kier alpha value is -3.76. The van der Waals surface area contributed by atoms with Gasteiger partial charge in [-0.2, -0.15) is 0 Å². The monoisotopic (exact) mass is 746 g/mol. The topological polar surface area (TPSA) is 161 Å². The van der Waals surface area contributed by atoms with Crippen LogP contribution in [-0.2, 0) is 0 Å². The summed E-state index contributed by atoms with van der Waals surface area (Å²) in [7, 11) is 0. The summed E-state index contributed by atoms with van der Waals surface area (Å²) in [6, 6.07) is 6.54. The summed E-state index contributed by atoms with van der Waals surface area (Å²) in [4.78, 5) is 52.4. The number of rotatable bonds is 6. The number of nitrogens with two attached hydrogens (primary N) is 2. The Morgan fingerprint density at radius 3 is 1.74 bits per heavy atom. The molecule has 2 aliphatic carbocycles. The van der Waals surface area contributed by atoms with Crippen molar-refractivity contribution in [2.75, 3.05) is 0 Å². The molecule has 0 aromatic heterocycles. The first-order valence-corrected chi connectivity index (χ1v) is 17.3. The molecular formula is C36H32Br2N2O6. The fourth-order valence-corrected chi connectivity index (χ4v) is 10.1. The predicted molar refractivity (Wildman–Crippen MR) is 186 cm³/mol. The molecule has 2 fully saturated rings. The highest BCUT2D eigenvalue weighted by molar-refractivity contribution is 9.11. The summed E-state index contributed by atoms with van der Waals surface area (Å²) in [5.74, 6) is -3.75. The van der Waals surface area contributed by atoms with E-state index in [1.807, 2.05) is 6.07 Å². The molecule has 5 aromatic carbocycles. The van der Waals surface area contributed by atoms with Crippen molar-refractivity contribution in [1.82, 2.24) is 0 Å². The molecule has 2 saturated carbocycles. The maximum absolute atomic E-state index is 13.7. The summed E-state index contributed by atoms with van der Waals surface area (Å²) in [6.07, 6.45) is 9.49. The van der Waals surface area contributed by atoms with Crippen LogP contribution in [0.25, 0.3) is 43.1 Å². The lowest BCUT2D eigenvalue weighted by Gasteiger charge is -2.31. The lowest BCUT2D eigenvalue weighted by molar-refractivity contribution is 0.0695. The highest BCUT2D eigenvalue weighted by Crippen LogP contribution is 2.53. The molecule has 46 heavy (non-hydrogen) atoms. The largest absolute Gasteiger partial charge is 0.478 e. The minimum absolute atomic E-state index is 0.0129. The molecule has 7 rings (SSSR count). The number of carbonyl (C=O) groups excluding carboxylic acids is 2. The summed E-state index contributed by atoms with van der Waals surface area (Å²) >= 11 is 7.55. The van der Waals surface area contributed by atoms with Crippen LogP contribution < -0.4 is 11.5 Å². The van der Waals surface area contributed by atoms with Crippen molar-refractivity contribution in [2.45, 2.75) is 76.0 Å². The Balaban J connectivity index is 1.84. The number of hydrogen-bond donors (Lipinski definition) is 4. The predicted octanol–water partition coefficient (Wildman–Crippen LogP) is 8.95. The second-order valence-electron chi connectivity index (χ2n) is 12.8. The van der Waals surface area contributed by atoms with E-state index in [0.29, 0.717) is 57.8 Å². The van der Waals surface area contributed by atoms with Gasteiger partial charge in [0.15, 0.2) is 0 Å². The Bertz CT molecular complexity index is 2160. The highest BCUT2D eigenvalue weighted by atomic mass is 79.9. The molecule has 0 unspecified atom stereocenters. The van der Waals surface area contributed by atoms with E-state index in [0.717, 1.165) is 75.3 Å². The maximum atomic E-state index is 13.7. The van der Waals surface area contributed by atoms with E-state index in [4.69, 9.17) is 11.5 Å². The van der Waals surface area contributed by atoms with Gasteiger partial charge < -0.3 is 21.7 Å². The van der Waals surface area contributed by atoms with Crippen LogP contribution in [0.4, 0.5) is 0 Å². The number of fused-ring (bicyclic) bond motifs is 2. The number of amides is 2. The molecule has 8 nitrogen and oxygen atoms in total. The Morgan fingerprint density at radius 1 is 0.609 bits per heavy atom. The molecule has 10 heteroatoms. The number of halogens is 2. The van der Waals surface area contributed by atoms with Crippen molar-refractivity contribution >= 4 is 98.7 Å². The van der Waals surface area contributed by atoms with E-state index in [9.17, 15) is 29.4 Å². The Labute approximate surface area is 281 Å². The van der Waals surface area contributed by atoms with Crippen molar-refractivity contribution in [3.8, 4) is 0 Å². The molecule has 0 heterocycles. The second kappa shape index (κ2) is 11.5. The molecule has 0 radical (unpaired) electrons. The average Bonchev–Trinajstić information content (AvgIpc) is 3.03. The smallest absolute Gasteiger partial charge is 0.336 e. The number of carbonyl (C=O) groups is 4.